The van der Waals surface area contributed by atoms with Crippen molar-refractivity contribution in [2.45, 2.75) is 26.8 Å². The summed E-state index contributed by atoms with van der Waals surface area (Å²) in [6, 6.07) is 10.7. The van der Waals surface area contributed by atoms with Crippen molar-refractivity contribution in [3.63, 3.8) is 0 Å². The van der Waals surface area contributed by atoms with Crippen LogP contribution in [0.1, 0.15) is 59.2 Å². The van der Waals surface area contributed by atoms with Crippen LogP contribution < -0.4 is 4.90 Å². The summed E-state index contributed by atoms with van der Waals surface area (Å²) in [7, 11) is 1.63. The number of benzene rings is 2. The number of anilines is 1. The fourth-order valence-corrected chi connectivity index (χ4v) is 4.28. The molecule has 4 rings (SSSR count). The second-order valence-corrected chi connectivity index (χ2v) is 8.46. The molecule has 0 fully saturated rings. The Balaban J connectivity index is 1.45. The minimum Gasteiger partial charge on any atom is -0.454 e. The molecule has 186 valence electrons. The molecule has 0 spiro atoms. The van der Waals surface area contributed by atoms with Gasteiger partial charge in [0.25, 0.3) is 11.8 Å². The molecule has 0 radical (unpaired) electrons. The average molecular weight is 493 g/mol. The van der Waals surface area contributed by atoms with Gasteiger partial charge in [0, 0.05) is 37.2 Å². The molecule has 2 amide bonds. The molecule has 3 aromatic rings. The monoisotopic (exact) mass is 492 g/mol. The van der Waals surface area contributed by atoms with Crippen LogP contribution in [-0.2, 0) is 16.0 Å². The smallest absolute Gasteiger partial charge is 0.338 e. The number of aryl methyl sites for hydroxylation is 1. The van der Waals surface area contributed by atoms with Crippen LogP contribution in [0.15, 0.2) is 48.5 Å². The Morgan fingerprint density at radius 2 is 1.64 bits per heavy atom. The molecule has 0 N–H and O–H groups in total. The van der Waals surface area contributed by atoms with E-state index in [9.17, 15) is 23.6 Å². The van der Waals surface area contributed by atoms with Crippen LogP contribution in [0, 0.1) is 19.7 Å². The second kappa shape index (κ2) is 10.2. The highest BCUT2D eigenvalue weighted by Crippen LogP contribution is 2.29. The standard InChI is InChI=1S/C27H25FN2O6/c1-16-13-22(17(2)29(16)11-4-12-35-3)24(31)15-36-27(34)18-5-10-21-23(14-18)26(33)30(25(21)32)20-8-6-19(28)7-9-20/h5-10,13-14H,4,11-12,15H2,1-3H3. The summed E-state index contributed by atoms with van der Waals surface area (Å²) in [6.07, 6.45) is 0.799. The van der Waals surface area contributed by atoms with Crippen LogP contribution in [0.5, 0.6) is 0 Å². The van der Waals surface area contributed by atoms with E-state index < -0.39 is 30.2 Å². The van der Waals surface area contributed by atoms with Gasteiger partial charge in [0.1, 0.15) is 5.82 Å². The number of hydrogen-bond donors (Lipinski definition) is 0. The Bertz CT molecular complexity index is 1360. The van der Waals surface area contributed by atoms with E-state index >= 15 is 0 Å². The third kappa shape index (κ3) is 4.70. The van der Waals surface area contributed by atoms with Crippen molar-refractivity contribution in [2.75, 3.05) is 25.2 Å². The summed E-state index contributed by atoms with van der Waals surface area (Å²) >= 11 is 0. The predicted octanol–water partition coefficient (Wildman–Crippen LogP) is 4.12. The minimum absolute atomic E-state index is 0.0321. The SMILES string of the molecule is COCCCn1c(C)cc(C(=O)COC(=O)c2ccc3c(c2)C(=O)N(c2ccc(F)cc2)C3=O)c1C. The zero-order valence-electron chi connectivity index (χ0n) is 20.2. The lowest BCUT2D eigenvalue weighted by molar-refractivity contribution is 0.0474. The van der Waals surface area contributed by atoms with Crippen molar-refractivity contribution in [2.24, 2.45) is 0 Å². The number of hydrogen-bond acceptors (Lipinski definition) is 6. The van der Waals surface area contributed by atoms with Crippen LogP contribution in [0.2, 0.25) is 0 Å². The molecule has 8 nitrogen and oxygen atoms in total. The van der Waals surface area contributed by atoms with Crippen molar-refractivity contribution in [3.8, 4) is 0 Å². The Morgan fingerprint density at radius 3 is 2.33 bits per heavy atom. The molecule has 0 saturated carbocycles. The molecule has 1 aliphatic rings. The topological polar surface area (TPSA) is 94.9 Å². The molecule has 2 aromatic carbocycles. The number of rotatable bonds is 9. The molecule has 2 heterocycles. The summed E-state index contributed by atoms with van der Waals surface area (Å²) in [6.45, 7) is 4.59. The summed E-state index contributed by atoms with van der Waals surface area (Å²) in [5, 5.41) is 0. The number of esters is 1. The lowest BCUT2D eigenvalue weighted by atomic mass is 10.1. The highest BCUT2D eigenvalue weighted by atomic mass is 19.1. The van der Waals surface area contributed by atoms with Gasteiger partial charge in [0.15, 0.2) is 6.61 Å². The van der Waals surface area contributed by atoms with Crippen molar-refractivity contribution in [1.82, 2.24) is 4.57 Å². The molecular formula is C27H25FN2O6. The number of carbonyl (C=O) groups excluding carboxylic acids is 4. The number of nitrogens with zero attached hydrogens (tertiary/aromatic N) is 2. The van der Waals surface area contributed by atoms with E-state index in [0.717, 1.165) is 34.8 Å². The summed E-state index contributed by atoms with van der Waals surface area (Å²) in [5.74, 6) is -2.83. The van der Waals surface area contributed by atoms with Gasteiger partial charge in [-0.15, -0.1) is 0 Å². The van der Waals surface area contributed by atoms with E-state index in [4.69, 9.17) is 9.47 Å². The molecule has 0 unspecified atom stereocenters. The molecule has 0 atom stereocenters. The van der Waals surface area contributed by atoms with Crippen LogP contribution in [0.25, 0.3) is 0 Å². The first-order chi connectivity index (χ1) is 17.2. The fourth-order valence-electron chi connectivity index (χ4n) is 4.28. The van der Waals surface area contributed by atoms with Crippen LogP contribution in [0.4, 0.5) is 10.1 Å². The number of imide groups is 1. The number of fused-ring (bicyclic) bond motifs is 1. The van der Waals surface area contributed by atoms with Crippen molar-refractivity contribution >= 4 is 29.3 Å². The first-order valence-electron chi connectivity index (χ1n) is 11.4. The first kappa shape index (κ1) is 25.0. The third-order valence-electron chi connectivity index (χ3n) is 6.15. The molecule has 0 aliphatic carbocycles. The Kier molecular flexibility index (Phi) is 7.12. The summed E-state index contributed by atoms with van der Waals surface area (Å²) in [4.78, 5) is 51.9. The molecule has 36 heavy (non-hydrogen) atoms. The maximum absolute atomic E-state index is 13.2. The largest absolute Gasteiger partial charge is 0.454 e. The molecule has 0 saturated heterocycles. The Morgan fingerprint density at radius 1 is 0.944 bits per heavy atom. The van der Waals surface area contributed by atoms with E-state index in [1.165, 1.54) is 30.3 Å². The van der Waals surface area contributed by atoms with Gasteiger partial charge in [0.05, 0.1) is 22.4 Å². The van der Waals surface area contributed by atoms with Gasteiger partial charge < -0.3 is 14.0 Å². The van der Waals surface area contributed by atoms with Gasteiger partial charge in [-0.05, 0) is 68.8 Å². The van der Waals surface area contributed by atoms with Crippen molar-refractivity contribution < 1.29 is 33.0 Å². The van der Waals surface area contributed by atoms with Crippen LogP contribution >= 0.6 is 0 Å². The molecule has 9 heteroatoms. The van der Waals surface area contributed by atoms with E-state index in [2.05, 4.69) is 0 Å². The third-order valence-corrected chi connectivity index (χ3v) is 6.15. The van der Waals surface area contributed by atoms with E-state index in [1.807, 2.05) is 18.4 Å². The number of halogens is 1. The van der Waals surface area contributed by atoms with E-state index in [0.29, 0.717) is 18.7 Å². The normalized spacial score (nSPS) is 12.7. The maximum atomic E-state index is 13.2. The van der Waals surface area contributed by atoms with Crippen LogP contribution in [0.3, 0.4) is 0 Å². The number of ether oxygens (including phenoxy) is 2. The summed E-state index contributed by atoms with van der Waals surface area (Å²) < 4.78 is 25.6. The zero-order chi connectivity index (χ0) is 26.0. The second-order valence-electron chi connectivity index (χ2n) is 8.46. The highest BCUT2D eigenvalue weighted by Gasteiger charge is 2.37. The van der Waals surface area contributed by atoms with Gasteiger partial charge in [-0.3, -0.25) is 14.4 Å². The maximum Gasteiger partial charge on any atom is 0.338 e. The molecule has 1 aromatic heterocycles. The van der Waals surface area contributed by atoms with E-state index in [-0.39, 0.29) is 28.2 Å². The fraction of sp³-hybridized carbons (Fsp3) is 0.259. The quantitative estimate of drug-likeness (QED) is 0.193. The Hall–Kier alpha value is -4.11. The van der Waals surface area contributed by atoms with Crippen molar-refractivity contribution in [3.05, 3.63) is 88.0 Å². The first-order valence-corrected chi connectivity index (χ1v) is 11.4. The average Bonchev–Trinajstić information content (AvgIpc) is 3.29. The van der Waals surface area contributed by atoms with Gasteiger partial charge in [-0.1, -0.05) is 0 Å². The number of aromatic nitrogens is 1. The highest BCUT2D eigenvalue weighted by molar-refractivity contribution is 6.34. The van der Waals surface area contributed by atoms with E-state index in [1.54, 1.807) is 13.2 Å². The van der Waals surface area contributed by atoms with Crippen molar-refractivity contribution in [1.29, 1.82) is 0 Å². The zero-order valence-corrected chi connectivity index (χ0v) is 20.2. The van der Waals surface area contributed by atoms with Gasteiger partial charge in [-0.2, -0.15) is 0 Å². The van der Waals surface area contributed by atoms with Gasteiger partial charge in [-0.25, -0.2) is 14.1 Å². The predicted molar refractivity (Wildman–Crippen MR) is 129 cm³/mol. The Labute approximate surface area is 207 Å². The van der Waals surface area contributed by atoms with Gasteiger partial charge >= 0.3 is 5.97 Å². The molecule has 0 bridgehead atoms. The number of ketones is 1. The minimum atomic E-state index is -0.791. The molecular weight excluding hydrogens is 467 g/mol. The number of methoxy groups -OCH3 is 1. The van der Waals surface area contributed by atoms with Crippen LogP contribution in [-0.4, -0.2) is 48.5 Å². The number of amides is 2. The van der Waals surface area contributed by atoms with Gasteiger partial charge in [0.2, 0.25) is 5.78 Å². The number of carbonyl (C=O) groups is 4. The lowest BCUT2D eigenvalue weighted by Gasteiger charge is -2.13. The number of Topliss-reactive ketones (excluding diaryl/α,β-unsaturated/α-hetero) is 1. The lowest BCUT2D eigenvalue weighted by Crippen LogP contribution is -2.29. The summed E-state index contributed by atoms with van der Waals surface area (Å²) in [5.41, 5.74) is 2.59. The molecule has 1 aliphatic heterocycles.